The highest BCUT2D eigenvalue weighted by Crippen LogP contribution is 2.40. The van der Waals surface area contributed by atoms with Gasteiger partial charge in [0.1, 0.15) is 0 Å². The van der Waals surface area contributed by atoms with Crippen LogP contribution in [-0.2, 0) is 24.2 Å². The second-order valence-electron chi connectivity index (χ2n) is 8.60. The summed E-state index contributed by atoms with van der Waals surface area (Å²) in [6.07, 6.45) is 6.37. The van der Waals surface area contributed by atoms with Crippen LogP contribution in [-0.4, -0.2) is 23.9 Å². The number of benzene rings is 2. The Morgan fingerprint density at radius 1 is 1.07 bits per heavy atom. The maximum Gasteiger partial charge on any atom is 0.0717 e. The number of hydrogen-bond acceptors (Lipinski definition) is 3. The minimum Gasteiger partial charge on any atom is -0.394 e. The molecular weight excluding hydrogens is 334 g/mol. The van der Waals surface area contributed by atoms with E-state index in [2.05, 4.69) is 42.5 Å². The second kappa shape index (κ2) is 8.14. The Hall–Kier alpha value is -1.68. The van der Waals surface area contributed by atoms with Crippen LogP contribution in [0.25, 0.3) is 0 Å². The molecule has 0 aromatic heterocycles. The summed E-state index contributed by atoms with van der Waals surface area (Å²) in [6.45, 7) is 1.64. The zero-order valence-electron chi connectivity index (χ0n) is 16.1. The zero-order chi connectivity index (χ0) is 18.7. The molecule has 0 amide bonds. The van der Waals surface area contributed by atoms with Crippen LogP contribution in [0.3, 0.4) is 0 Å². The fourth-order valence-corrected chi connectivity index (χ4v) is 4.75. The zero-order valence-corrected chi connectivity index (χ0v) is 16.1. The van der Waals surface area contributed by atoms with Gasteiger partial charge in [0.15, 0.2) is 0 Å². The van der Waals surface area contributed by atoms with Crippen LogP contribution in [0.1, 0.15) is 53.9 Å². The number of rotatable bonds is 6. The number of ether oxygens (including phenoxy) is 1. The maximum absolute atomic E-state index is 9.52. The highest BCUT2D eigenvalue weighted by Gasteiger charge is 2.36. The van der Waals surface area contributed by atoms with E-state index in [-0.39, 0.29) is 12.1 Å². The normalized spacial score (nSPS) is 27.5. The summed E-state index contributed by atoms with van der Waals surface area (Å²) >= 11 is 0. The molecule has 4 rings (SSSR count). The number of aliphatic hydroxyl groups is 1. The SMILES string of the molecule is N[C@]1(CO)CC[C@H](c2ccc3c(c2)CC[C@H](COCc2ccccc2)C3)C1. The van der Waals surface area contributed by atoms with Crippen molar-refractivity contribution >= 4 is 0 Å². The Morgan fingerprint density at radius 2 is 1.93 bits per heavy atom. The number of nitrogens with two attached hydrogens (primary N) is 1. The van der Waals surface area contributed by atoms with E-state index in [0.717, 1.165) is 38.7 Å². The van der Waals surface area contributed by atoms with Crippen molar-refractivity contribution in [2.45, 2.75) is 56.6 Å². The lowest BCUT2D eigenvalue weighted by molar-refractivity contribution is 0.0823. The minimum atomic E-state index is -0.373. The van der Waals surface area contributed by atoms with Crippen LogP contribution in [0, 0.1) is 5.92 Å². The molecule has 0 heterocycles. The van der Waals surface area contributed by atoms with Gasteiger partial charge >= 0.3 is 0 Å². The molecular formula is C24H31NO2. The molecule has 2 aliphatic carbocycles. The third-order valence-electron chi connectivity index (χ3n) is 6.46. The lowest BCUT2D eigenvalue weighted by Crippen LogP contribution is -2.40. The first kappa shape index (κ1) is 18.7. The van der Waals surface area contributed by atoms with Crippen molar-refractivity contribution in [3.05, 3.63) is 70.8 Å². The van der Waals surface area contributed by atoms with Crippen LogP contribution >= 0.6 is 0 Å². The molecule has 2 aliphatic rings. The molecule has 3 N–H and O–H groups in total. The van der Waals surface area contributed by atoms with Crippen LogP contribution in [0.5, 0.6) is 0 Å². The number of aryl methyl sites for hydroxylation is 1. The van der Waals surface area contributed by atoms with Gasteiger partial charge in [-0.2, -0.15) is 0 Å². The Morgan fingerprint density at radius 3 is 2.70 bits per heavy atom. The van der Waals surface area contributed by atoms with Crippen LogP contribution < -0.4 is 5.73 Å². The topological polar surface area (TPSA) is 55.5 Å². The fourth-order valence-electron chi connectivity index (χ4n) is 4.75. The minimum absolute atomic E-state index is 0.0963. The summed E-state index contributed by atoms with van der Waals surface area (Å²) in [5.74, 6) is 1.11. The summed E-state index contributed by atoms with van der Waals surface area (Å²) in [4.78, 5) is 0. The molecule has 0 unspecified atom stereocenters. The highest BCUT2D eigenvalue weighted by atomic mass is 16.5. The van der Waals surface area contributed by atoms with Crippen molar-refractivity contribution in [3.8, 4) is 0 Å². The first-order chi connectivity index (χ1) is 13.1. The third kappa shape index (κ3) is 4.43. The molecule has 3 atom stereocenters. The van der Waals surface area contributed by atoms with Crippen molar-refractivity contribution in [3.63, 3.8) is 0 Å². The van der Waals surface area contributed by atoms with E-state index in [9.17, 15) is 5.11 Å². The monoisotopic (exact) mass is 365 g/mol. The van der Waals surface area contributed by atoms with Crippen LogP contribution in [0.2, 0.25) is 0 Å². The number of hydrogen-bond donors (Lipinski definition) is 2. The average Bonchev–Trinajstić information content (AvgIpc) is 3.11. The lowest BCUT2D eigenvalue weighted by atomic mass is 9.82. The van der Waals surface area contributed by atoms with Crippen molar-refractivity contribution in [2.24, 2.45) is 11.7 Å². The molecule has 2 aromatic carbocycles. The van der Waals surface area contributed by atoms with Gasteiger partial charge in [-0.15, -0.1) is 0 Å². The second-order valence-corrected chi connectivity index (χ2v) is 8.60. The van der Waals surface area contributed by atoms with Crippen molar-refractivity contribution in [1.82, 2.24) is 0 Å². The first-order valence-corrected chi connectivity index (χ1v) is 10.3. The number of aliphatic hydroxyl groups excluding tert-OH is 1. The summed E-state index contributed by atoms with van der Waals surface area (Å²) in [6, 6.07) is 17.4. The molecule has 0 spiro atoms. The molecule has 0 radical (unpaired) electrons. The molecule has 144 valence electrons. The van der Waals surface area contributed by atoms with E-state index in [1.54, 1.807) is 0 Å². The van der Waals surface area contributed by atoms with Gasteiger partial charge in [-0.25, -0.2) is 0 Å². The van der Waals surface area contributed by atoms with E-state index >= 15 is 0 Å². The van der Waals surface area contributed by atoms with E-state index in [0.29, 0.717) is 18.4 Å². The van der Waals surface area contributed by atoms with Gasteiger partial charge in [0.2, 0.25) is 0 Å². The molecule has 0 aliphatic heterocycles. The lowest BCUT2D eigenvalue weighted by Gasteiger charge is -2.26. The van der Waals surface area contributed by atoms with Crippen molar-refractivity contribution < 1.29 is 9.84 Å². The molecule has 3 nitrogen and oxygen atoms in total. The predicted octanol–water partition coefficient (Wildman–Crippen LogP) is 3.97. The smallest absolute Gasteiger partial charge is 0.0717 e. The molecule has 0 bridgehead atoms. The summed E-state index contributed by atoms with van der Waals surface area (Å²) in [5, 5.41) is 9.52. The molecule has 3 heteroatoms. The van der Waals surface area contributed by atoms with Crippen LogP contribution in [0.15, 0.2) is 48.5 Å². The predicted molar refractivity (Wildman–Crippen MR) is 109 cm³/mol. The molecule has 1 saturated carbocycles. The van der Waals surface area contributed by atoms with Crippen molar-refractivity contribution in [2.75, 3.05) is 13.2 Å². The van der Waals surface area contributed by atoms with Crippen LogP contribution in [0.4, 0.5) is 0 Å². The molecule has 27 heavy (non-hydrogen) atoms. The Labute approximate surface area is 162 Å². The van der Waals surface area contributed by atoms with Gasteiger partial charge in [0.25, 0.3) is 0 Å². The summed E-state index contributed by atoms with van der Waals surface area (Å²) < 4.78 is 5.98. The van der Waals surface area contributed by atoms with E-state index < -0.39 is 0 Å². The average molecular weight is 366 g/mol. The highest BCUT2D eigenvalue weighted by molar-refractivity contribution is 5.36. The molecule has 1 fully saturated rings. The Balaban J connectivity index is 1.33. The Kier molecular flexibility index (Phi) is 5.63. The Bertz CT molecular complexity index is 760. The molecule has 2 aromatic rings. The van der Waals surface area contributed by atoms with Gasteiger partial charge < -0.3 is 15.6 Å². The quantitative estimate of drug-likeness (QED) is 0.814. The van der Waals surface area contributed by atoms with E-state index in [1.165, 1.54) is 28.7 Å². The first-order valence-electron chi connectivity index (χ1n) is 10.3. The van der Waals surface area contributed by atoms with E-state index in [1.807, 2.05) is 6.07 Å². The summed E-state index contributed by atoms with van der Waals surface area (Å²) in [7, 11) is 0. The van der Waals surface area contributed by atoms with Gasteiger partial charge in [-0.1, -0.05) is 48.5 Å². The standard InChI is InChI=1S/C24H31NO2/c25-24(17-26)11-10-23(14-24)22-9-8-20-12-19(6-7-21(20)13-22)16-27-15-18-4-2-1-3-5-18/h1-5,8-9,13,19,23,26H,6-7,10-12,14-17,25H2/t19-,23-,24+/m0/s1. The third-order valence-corrected chi connectivity index (χ3v) is 6.46. The maximum atomic E-state index is 9.52. The van der Waals surface area contributed by atoms with Crippen molar-refractivity contribution in [1.29, 1.82) is 0 Å². The summed E-state index contributed by atoms with van der Waals surface area (Å²) in [5.41, 5.74) is 11.5. The largest absolute Gasteiger partial charge is 0.394 e. The van der Waals surface area contributed by atoms with Gasteiger partial charge in [-0.3, -0.25) is 0 Å². The number of fused-ring (bicyclic) bond motifs is 1. The fraction of sp³-hybridized carbons (Fsp3) is 0.500. The van der Waals surface area contributed by atoms with Gasteiger partial charge in [0.05, 0.1) is 19.8 Å². The van der Waals surface area contributed by atoms with E-state index in [4.69, 9.17) is 10.5 Å². The van der Waals surface area contributed by atoms with Gasteiger partial charge in [0, 0.05) is 5.54 Å². The molecule has 0 saturated heterocycles. The van der Waals surface area contributed by atoms with Gasteiger partial charge in [-0.05, 0) is 72.6 Å².